The molecule has 2 aromatic carbocycles. The number of aliphatic hydroxyl groups excluding tert-OH is 1. The van der Waals surface area contributed by atoms with Crippen LogP contribution in [0.4, 0.5) is 13.2 Å². The third kappa shape index (κ3) is 7.35. The molecule has 2 amide bonds. The molecule has 3 N–H and O–H groups in total. The van der Waals surface area contributed by atoms with Gasteiger partial charge in [0.05, 0.1) is 12.1 Å². The summed E-state index contributed by atoms with van der Waals surface area (Å²) in [5, 5.41) is 16.0. The third-order valence-electron chi connectivity index (χ3n) is 8.38. The van der Waals surface area contributed by atoms with Crippen LogP contribution in [0.15, 0.2) is 73.1 Å². The lowest BCUT2D eigenvalue weighted by Crippen LogP contribution is -2.44. The summed E-state index contributed by atoms with van der Waals surface area (Å²) >= 11 is 0. The smallest absolute Gasteiger partial charge is 0.384 e. The van der Waals surface area contributed by atoms with Crippen molar-refractivity contribution in [2.45, 2.75) is 62.4 Å². The molecule has 1 saturated heterocycles. The Bertz CT molecular complexity index is 1360. The van der Waals surface area contributed by atoms with Crippen LogP contribution in [0.1, 0.15) is 76.7 Å². The van der Waals surface area contributed by atoms with E-state index in [2.05, 4.69) is 32.7 Å². The van der Waals surface area contributed by atoms with Gasteiger partial charge in [-0.1, -0.05) is 36.4 Å². The minimum absolute atomic E-state index is 0.0283. The maximum absolute atomic E-state index is 12.9. The number of halogens is 3. The molecule has 2 atom stereocenters. The topological polar surface area (TPSA) is 94.6 Å². The zero-order valence-corrected chi connectivity index (χ0v) is 23.2. The predicted molar refractivity (Wildman–Crippen MR) is 152 cm³/mol. The third-order valence-corrected chi connectivity index (χ3v) is 8.38. The molecule has 1 aromatic heterocycles. The summed E-state index contributed by atoms with van der Waals surface area (Å²) in [7, 11) is 0. The van der Waals surface area contributed by atoms with Crippen molar-refractivity contribution in [3.8, 4) is 0 Å². The first-order valence-corrected chi connectivity index (χ1v) is 14.3. The quantitative estimate of drug-likeness (QED) is 0.355. The molecule has 0 radical (unpaired) electrons. The summed E-state index contributed by atoms with van der Waals surface area (Å²) in [6.07, 6.45) is 3.22. The second kappa shape index (κ2) is 13.0. The highest BCUT2D eigenvalue weighted by Gasteiger charge is 2.33. The minimum atomic E-state index is -4.54. The Kier molecular flexibility index (Phi) is 9.23. The van der Waals surface area contributed by atoms with E-state index in [4.69, 9.17) is 0 Å². The van der Waals surface area contributed by atoms with Crippen molar-refractivity contribution in [2.75, 3.05) is 19.6 Å². The lowest BCUT2D eigenvalue weighted by Gasteiger charge is -2.35. The van der Waals surface area contributed by atoms with E-state index in [-0.39, 0.29) is 24.1 Å². The van der Waals surface area contributed by atoms with Crippen LogP contribution in [0, 0.1) is 0 Å². The molecule has 1 aliphatic heterocycles. The molecule has 0 bridgehead atoms. The number of rotatable bonds is 8. The van der Waals surface area contributed by atoms with Crippen LogP contribution in [0.5, 0.6) is 0 Å². The van der Waals surface area contributed by atoms with Crippen molar-refractivity contribution in [1.82, 2.24) is 20.5 Å². The molecule has 1 aliphatic carbocycles. The summed E-state index contributed by atoms with van der Waals surface area (Å²) < 4.78 is 38.7. The summed E-state index contributed by atoms with van der Waals surface area (Å²) in [6.45, 7) is 1.33. The van der Waals surface area contributed by atoms with Crippen LogP contribution >= 0.6 is 0 Å². The van der Waals surface area contributed by atoms with Gasteiger partial charge >= 0.3 is 6.18 Å². The normalized spacial score (nSPS) is 22.0. The average Bonchev–Trinajstić information content (AvgIpc) is 3.48. The Hall–Kier alpha value is -3.76. The second-order valence-electron chi connectivity index (χ2n) is 11.2. The molecule has 1 unspecified atom stereocenters. The maximum Gasteiger partial charge on any atom is 0.416 e. The van der Waals surface area contributed by atoms with Gasteiger partial charge in [0.15, 0.2) is 0 Å². The fourth-order valence-corrected chi connectivity index (χ4v) is 6.07. The summed E-state index contributed by atoms with van der Waals surface area (Å²) in [5.41, 5.74) is 1.86. The van der Waals surface area contributed by atoms with Crippen LogP contribution in [-0.2, 0) is 11.0 Å². The van der Waals surface area contributed by atoms with Crippen molar-refractivity contribution >= 4 is 11.8 Å². The largest absolute Gasteiger partial charge is 0.416 e. The first-order chi connectivity index (χ1) is 20.2. The van der Waals surface area contributed by atoms with Gasteiger partial charge in [-0.25, -0.2) is 0 Å². The molecular weight excluding hydrogens is 545 g/mol. The van der Waals surface area contributed by atoms with E-state index >= 15 is 0 Å². The number of nitrogens with zero attached hydrogens (tertiary/aromatic N) is 2. The van der Waals surface area contributed by atoms with Gasteiger partial charge in [0.2, 0.25) is 5.91 Å². The number of aromatic nitrogens is 1. The van der Waals surface area contributed by atoms with Crippen molar-refractivity contribution in [3.05, 3.63) is 101 Å². The number of aliphatic hydroxyl groups is 1. The average molecular weight is 581 g/mol. The fraction of sp³-hybridized carbons (Fsp3) is 0.406. The number of hydrogen-bond acceptors (Lipinski definition) is 5. The van der Waals surface area contributed by atoms with Gasteiger partial charge in [-0.15, -0.1) is 0 Å². The van der Waals surface area contributed by atoms with Crippen LogP contribution in [0.2, 0.25) is 0 Å². The molecular formula is C32H35F3N4O3. The lowest BCUT2D eigenvalue weighted by atomic mass is 9.81. The summed E-state index contributed by atoms with van der Waals surface area (Å²) in [6, 6.07) is 16.5. The number of nitrogens with one attached hydrogen (secondary N) is 2. The minimum Gasteiger partial charge on any atom is -0.384 e. The Morgan fingerprint density at radius 1 is 0.976 bits per heavy atom. The van der Waals surface area contributed by atoms with Gasteiger partial charge in [-0.3, -0.25) is 19.5 Å². The van der Waals surface area contributed by atoms with Gasteiger partial charge in [0.1, 0.15) is 6.10 Å². The molecule has 10 heteroatoms. The van der Waals surface area contributed by atoms with Crippen molar-refractivity contribution < 1.29 is 27.9 Å². The van der Waals surface area contributed by atoms with Crippen LogP contribution in [0.3, 0.4) is 0 Å². The Balaban J connectivity index is 1.04. The molecule has 42 heavy (non-hydrogen) atoms. The Labute approximate surface area is 243 Å². The molecule has 7 nitrogen and oxygen atoms in total. The number of alkyl halides is 3. The monoisotopic (exact) mass is 580 g/mol. The fourth-order valence-electron chi connectivity index (χ4n) is 6.07. The summed E-state index contributed by atoms with van der Waals surface area (Å²) in [5.74, 6) is -0.604. The Morgan fingerprint density at radius 2 is 1.74 bits per heavy atom. The molecule has 2 heterocycles. The molecule has 2 fully saturated rings. The zero-order chi connectivity index (χ0) is 29.7. The van der Waals surface area contributed by atoms with Crippen molar-refractivity contribution in [1.29, 1.82) is 0 Å². The van der Waals surface area contributed by atoms with Crippen molar-refractivity contribution in [3.63, 3.8) is 0 Å². The predicted octanol–water partition coefficient (Wildman–Crippen LogP) is 4.83. The number of carbonyl (C=O) groups is 2. The number of benzene rings is 2. The lowest BCUT2D eigenvalue weighted by molar-refractivity contribution is -0.137. The molecule has 0 spiro atoms. The Morgan fingerprint density at radius 3 is 2.43 bits per heavy atom. The van der Waals surface area contributed by atoms with E-state index in [1.807, 2.05) is 24.3 Å². The number of hydrogen-bond donors (Lipinski definition) is 3. The van der Waals surface area contributed by atoms with Gasteiger partial charge in [-0.2, -0.15) is 13.2 Å². The second-order valence-corrected chi connectivity index (χ2v) is 11.2. The molecule has 3 aromatic rings. The van der Waals surface area contributed by atoms with Gasteiger partial charge in [0.25, 0.3) is 5.91 Å². The number of likely N-dealkylation sites (tertiary alicyclic amines) is 1. The van der Waals surface area contributed by atoms with Gasteiger partial charge < -0.3 is 15.7 Å². The molecule has 5 rings (SSSR count). The van der Waals surface area contributed by atoms with Crippen molar-refractivity contribution in [2.24, 2.45) is 0 Å². The van der Waals surface area contributed by atoms with E-state index in [1.165, 1.54) is 17.7 Å². The highest BCUT2D eigenvalue weighted by atomic mass is 19.4. The van der Waals surface area contributed by atoms with Gasteiger partial charge in [0, 0.05) is 48.7 Å². The van der Waals surface area contributed by atoms with E-state index in [0.29, 0.717) is 12.0 Å². The maximum atomic E-state index is 12.9. The van der Waals surface area contributed by atoms with E-state index in [1.54, 1.807) is 12.4 Å². The van der Waals surface area contributed by atoms with Crippen LogP contribution < -0.4 is 10.6 Å². The number of carbonyl (C=O) groups excluding carboxylic acids is 2. The van der Waals surface area contributed by atoms with Crippen LogP contribution in [-0.4, -0.2) is 58.5 Å². The molecule has 222 valence electrons. The SMILES string of the molecule is O=C(CNC(=O)c1cccc(C(F)(F)F)c1)N[C@@H]1CCN(C2CCC(c3ccc(C(O)c4cccnc4)cc3)CC2)C1. The number of pyridine rings is 1. The first-order valence-electron chi connectivity index (χ1n) is 14.3. The van der Waals surface area contributed by atoms with E-state index in [0.717, 1.165) is 68.5 Å². The molecule has 1 saturated carbocycles. The zero-order valence-electron chi connectivity index (χ0n) is 23.2. The first kappa shape index (κ1) is 29.7. The van der Waals surface area contributed by atoms with Gasteiger partial charge in [-0.05, 0) is 73.4 Å². The van der Waals surface area contributed by atoms with E-state index < -0.39 is 23.8 Å². The summed E-state index contributed by atoms with van der Waals surface area (Å²) in [4.78, 5) is 31.2. The highest BCUT2D eigenvalue weighted by molar-refractivity contribution is 5.96. The highest BCUT2D eigenvalue weighted by Crippen LogP contribution is 2.36. The molecule has 2 aliphatic rings. The van der Waals surface area contributed by atoms with Crippen LogP contribution in [0.25, 0.3) is 0 Å². The van der Waals surface area contributed by atoms with E-state index in [9.17, 15) is 27.9 Å². The number of amides is 2. The standard InChI is InChI=1S/C32H35F3N4O3/c33-32(34,35)26-5-1-3-24(17-26)31(42)37-19-29(40)38-27-14-16-39(20-27)28-12-10-22(11-13-28)21-6-8-23(9-7-21)30(41)25-4-2-15-36-18-25/h1-9,15,17-18,22,27-28,30,41H,10-14,16,19-20H2,(H,37,42)(H,38,40)/t22?,27-,28?,30?/m1/s1.